The molecule has 2 aliphatic heterocycles. The summed E-state index contributed by atoms with van der Waals surface area (Å²) in [5.41, 5.74) is 6.98. The number of benzene rings is 3. The highest BCUT2D eigenvalue weighted by Crippen LogP contribution is 2.31. The molecule has 1 amide bonds. The van der Waals surface area contributed by atoms with Gasteiger partial charge in [-0.25, -0.2) is 4.79 Å². The van der Waals surface area contributed by atoms with E-state index in [0.29, 0.717) is 43.2 Å². The molecule has 0 N–H and O–H groups in total. The van der Waals surface area contributed by atoms with Gasteiger partial charge in [-0.2, -0.15) is 5.10 Å². The minimum absolute atomic E-state index is 0.0463. The number of piperazine rings is 1. The van der Waals surface area contributed by atoms with E-state index in [4.69, 9.17) is 21.4 Å². The molecule has 0 saturated carbocycles. The first-order valence-corrected chi connectivity index (χ1v) is 15.6. The van der Waals surface area contributed by atoms with Crippen LogP contribution >= 0.6 is 11.6 Å². The minimum atomic E-state index is -0.416. The van der Waals surface area contributed by atoms with Crippen molar-refractivity contribution in [1.82, 2.24) is 19.6 Å². The Hall–Kier alpha value is -4.14. The van der Waals surface area contributed by atoms with E-state index in [1.165, 1.54) is 11.3 Å². The van der Waals surface area contributed by atoms with Crippen LogP contribution in [-0.2, 0) is 29.0 Å². The first-order valence-electron chi connectivity index (χ1n) is 15.2. The number of esters is 1. The van der Waals surface area contributed by atoms with E-state index >= 15 is 0 Å². The lowest BCUT2D eigenvalue weighted by Gasteiger charge is -2.38. The third-order valence-corrected chi connectivity index (χ3v) is 8.90. The topological polar surface area (TPSA) is 70.9 Å². The Balaban J connectivity index is 1.26. The quantitative estimate of drug-likeness (QED) is 0.246. The Kier molecular flexibility index (Phi) is 9.00. The molecule has 0 radical (unpaired) electrons. The zero-order valence-electron chi connectivity index (χ0n) is 25.3. The molecule has 3 heterocycles. The second kappa shape index (κ2) is 13.2. The van der Waals surface area contributed by atoms with Crippen LogP contribution in [0, 0.1) is 6.92 Å². The molecule has 4 aromatic rings. The summed E-state index contributed by atoms with van der Waals surface area (Å²) >= 11 is 6.19. The van der Waals surface area contributed by atoms with Crippen LogP contribution in [0.15, 0.2) is 78.9 Å². The number of carbonyl (C=O) groups excluding carboxylic acids is 2. The van der Waals surface area contributed by atoms with Gasteiger partial charge in [0.05, 0.1) is 17.8 Å². The second-order valence-corrected chi connectivity index (χ2v) is 12.1. The van der Waals surface area contributed by atoms with Crippen molar-refractivity contribution in [3.8, 4) is 11.3 Å². The smallest absolute Gasteiger partial charge is 0.338 e. The van der Waals surface area contributed by atoms with Gasteiger partial charge in [-0.15, -0.1) is 0 Å². The number of hydrogen-bond donors (Lipinski definition) is 0. The second-order valence-electron chi connectivity index (χ2n) is 11.6. The molecule has 1 fully saturated rings. The fourth-order valence-corrected chi connectivity index (χ4v) is 6.37. The summed E-state index contributed by atoms with van der Waals surface area (Å²) in [6.07, 6.45) is 0.268. The molecule has 9 heteroatoms. The summed E-state index contributed by atoms with van der Waals surface area (Å²) < 4.78 is 8.22. The lowest BCUT2D eigenvalue weighted by Crippen LogP contribution is -2.50. The molecule has 0 aliphatic carbocycles. The maximum atomic E-state index is 13.3. The normalized spacial score (nSPS) is 16.0. The summed E-state index contributed by atoms with van der Waals surface area (Å²) in [6, 6.07) is 25.3. The zero-order chi connectivity index (χ0) is 30.6. The zero-order valence-corrected chi connectivity index (χ0v) is 26.0. The highest BCUT2D eigenvalue weighted by atomic mass is 35.5. The van der Waals surface area contributed by atoms with Gasteiger partial charge in [0.25, 0.3) is 0 Å². The Morgan fingerprint density at radius 2 is 1.59 bits per heavy atom. The van der Waals surface area contributed by atoms with Gasteiger partial charge in [0.2, 0.25) is 5.91 Å². The number of hydrogen-bond acceptors (Lipinski definition) is 6. The first kappa shape index (κ1) is 29.9. The summed E-state index contributed by atoms with van der Waals surface area (Å²) in [5, 5.41) is 5.73. The molecular formula is C35H38ClN5O3. The minimum Gasteiger partial charge on any atom is -0.455 e. The Morgan fingerprint density at radius 3 is 2.30 bits per heavy atom. The fraction of sp³-hybridized carbons (Fsp3) is 0.343. The molecular weight excluding hydrogens is 574 g/mol. The van der Waals surface area contributed by atoms with Crippen LogP contribution in [0.1, 0.15) is 34.1 Å². The summed E-state index contributed by atoms with van der Waals surface area (Å²) in [5.74, 6) is -0.291. The van der Waals surface area contributed by atoms with Gasteiger partial charge in [0, 0.05) is 86.7 Å². The lowest BCUT2D eigenvalue weighted by atomic mass is 10.0. The van der Waals surface area contributed by atoms with Crippen LogP contribution in [-0.4, -0.2) is 76.8 Å². The van der Waals surface area contributed by atoms with E-state index < -0.39 is 6.10 Å². The molecule has 8 nitrogen and oxygen atoms in total. The van der Waals surface area contributed by atoms with E-state index in [-0.39, 0.29) is 11.9 Å². The van der Waals surface area contributed by atoms with Crippen LogP contribution in [0.5, 0.6) is 0 Å². The van der Waals surface area contributed by atoms with E-state index in [0.717, 1.165) is 48.7 Å². The van der Waals surface area contributed by atoms with Crippen molar-refractivity contribution in [2.45, 2.75) is 39.5 Å². The molecule has 44 heavy (non-hydrogen) atoms. The maximum absolute atomic E-state index is 13.3. The molecule has 1 unspecified atom stereocenters. The van der Waals surface area contributed by atoms with Crippen molar-refractivity contribution in [1.29, 1.82) is 0 Å². The van der Waals surface area contributed by atoms with Crippen LogP contribution < -0.4 is 4.90 Å². The van der Waals surface area contributed by atoms with Crippen LogP contribution in [0.4, 0.5) is 5.69 Å². The molecule has 0 bridgehead atoms. The van der Waals surface area contributed by atoms with Crippen molar-refractivity contribution in [3.05, 3.63) is 106 Å². The van der Waals surface area contributed by atoms with Crippen molar-refractivity contribution < 1.29 is 14.3 Å². The fourth-order valence-electron chi connectivity index (χ4n) is 6.25. The van der Waals surface area contributed by atoms with Gasteiger partial charge >= 0.3 is 5.97 Å². The lowest BCUT2D eigenvalue weighted by molar-refractivity contribution is -0.129. The highest BCUT2D eigenvalue weighted by molar-refractivity contribution is 6.30. The number of rotatable bonds is 8. The number of fused-ring (bicyclic) bond motifs is 1. The third kappa shape index (κ3) is 6.66. The van der Waals surface area contributed by atoms with Gasteiger partial charge in [-0.1, -0.05) is 60.1 Å². The molecule has 1 atom stereocenters. The van der Waals surface area contributed by atoms with Crippen molar-refractivity contribution in [3.63, 3.8) is 0 Å². The third-order valence-electron chi connectivity index (χ3n) is 8.65. The number of anilines is 1. The maximum Gasteiger partial charge on any atom is 0.338 e. The number of ether oxygens (including phenoxy) is 1. The van der Waals surface area contributed by atoms with Gasteiger partial charge in [-0.05, 0) is 42.8 Å². The van der Waals surface area contributed by atoms with Crippen molar-refractivity contribution in [2.24, 2.45) is 0 Å². The van der Waals surface area contributed by atoms with E-state index in [1.54, 1.807) is 19.1 Å². The number of halogens is 1. The monoisotopic (exact) mass is 611 g/mol. The molecule has 1 saturated heterocycles. The van der Waals surface area contributed by atoms with E-state index in [9.17, 15) is 9.59 Å². The predicted octanol–water partition coefficient (Wildman–Crippen LogP) is 5.46. The van der Waals surface area contributed by atoms with Gasteiger partial charge in [0.1, 0.15) is 6.10 Å². The average molecular weight is 612 g/mol. The number of para-hydroxylation sites is 1. The largest absolute Gasteiger partial charge is 0.455 e. The number of nitrogens with zero attached hydrogens (tertiary/aromatic N) is 5. The molecule has 6 rings (SSSR count). The number of carbonyl (C=O) groups is 2. The van der Waals surface area contributed by atoms with Crippen molar-refractivity contribution in [2.75, 3.05) is 44.2 Å². The summed E-state index contributed by atoms with van der Waals surface area (Å²) in [4.78, 5) is 32.3. The van der Waals surface area contributed by atoms with Gasteiger partial charge in [0.15, 0.2) is 0 Å². The molecule has 228 valence electrons. The Bertz CT molecular complexity index is 1610. The summed E-state index contributed by atoms with van der Waals surface area (Å²) in [6.45, 7) is 9.46. The number of amides is 1. The van der Waals surface area contributed by atoms with Gasteiger partial charge in [-0.3, -0.25) is 14.4 Å². The SMILES string of the molecule is CC(=O)N1CCc2c(c(-c3ccc(Cl)cc3)nn2CC(CN2CCN(c3ccccc3C)CC2)OC(=O)c2ccccc2)C1. The molecule has 1 aromatic heterocycles. The van der Waals surface area contributed by atoms with Crippen molar-refractivity contribution >= 4 is 29.2 Å². The Labute approximate surface area is 263 Å². The molecule has 3 aromatic carbocycles. The first-order chi connectivity index (χ1) is 21.4. The molecule has 2 aliphatic rings. The average Bonchev–Trinajstić information content (AvgIpc) is 3.39. The van der Waals surface area contributed by atoms with E-state index in [1.807, 2.05) is 52.0 Å². The number of aryl methyl sites for hydroxylation is 1. The van der Waals surface area contributed by atoms with Gasteiger partial charge < -0.3 is 14.5 Å². The van der Waals surface area contributed by atoms with Crippen LogP contribution in [0.2, 0.25) is 5.02 Å². The summed E-state index contributed by atoms with van der Waals surface area (Å²) in [7, 11) is 0. The highest BCUT2D eigenvalue weighted by Gasteiger charge is 2.30. The predicted molar refractivity (Wildman–Crippen MR) is 173 cm³/mol. The Morgan fingerprint density at radius 1 is 0.886 bits per heavy atom. The van der Waals surface area contributed by atoms with Crippen LogP contribution in [0.3, 0.4) is 0 Å². The van der Waals surface area contributed by atoms with Crippen LogP contribution in [0.25, 0.3) is 11.3 Å². The number of aromatic nitrogens is 2. The standard InChI is InChI=1S/C35H38ClN5O3/c1-25-8-6-7-11-32(25)39-20-18-38(19-21-39)22-30(44-35(43)28-9-4-3-5-10-28)23-41-33-16-17-40(26(2)42)24-31(33)34(37-41)27-12-14-29(36)15-13-27/h3-15,30H,16-24H2,1-2H3. The van der Waals surface area contributed by atoms with E-state index in [2.05, 4.69) is 41.0 Å². The molecule has 0 spiro atoms.